The highest BCUT2D eigenvalue weighted by Crippen LogP contribution is 2.25. The van der Waals surface area contributed by atoms with E-state index in [4.69, 9.17) is 9.78 Å². The topological polar surface area (TPSA) is 101 Å². The molecule has 24 heavy (non-hydrogen) atoms. The summed E-state index contributed by atoms with van der Waals surface area (Å²) in [6.07, 6.45) is 6.52. The SMILES string of the molecule is N#Cc1cnn(C2CN(C(=O)c3cc(-c4cccnc4)on3)C2)c1. The number of hydrogen-bond donors (Lipinski definition) is 0. The third kappa shape index (κ3) is 2.42. The Morgan fingerprint density at radius 3 is 2.96 bits per heavy atom. The lowest BCUT2D eigenvalue weighted by Crippen LogP contribution is -2.50. The molecule has 4 heterocycles. The normalized spacial score (nSPS) is 14.2. The van der Waals surface area contributed by atoms with Gasteiger partial charge in [-0.3, -0.25) is 14.5 Å². The minimum Gasteiger partial charge on any atom is -0.355 e. The second-order valence-corrected chi connectivity index (χ2v) is 5.50. The monoisotopic (exact) mass is 320 g/mol. The Morgan fingerprint density at radius 1 is 1.38 bits per heavy atom. The highest BCUT2D eigenvalue weighted by molar-refractivity contribution is 5.93. The van der Waals surface area contributed by atoms with E-state index < -0.39 is 0 Å². The van der Waals surface area contributed by atoms with Gasteiger partial charge in [-0.1, -0.05) is 5.16 Å². The van der Waals surface area contributed by atoms with Crippen LogP contribution in [0.25, 0.3) is 11.3 Å². The molecule has 0 saturated carbocycles. The number of carbonyl (C=O) groups is 1. The smallest absolute Gasteiger partial charge is 0.276 e. The molecule has 8 nitrogen and oxygen atoms in total. The molecule has 0 radical (unpaired) electrons. The first-order valence-electron chi connectivity index (χ1n) is 7.35. The van der Waals surface area contributed by atoms with Gasteiger partial charge in [-0.15, -0.1) is 0 Å². The molecule has 0 aliphatic carbocycles. The predicted molar refractivity (Wildman–Crippen MR) is 81.6 cm³/mol. The molecule has 3 aromatic rings. The largest absolute Gasteiger partial charge is 0.355 e. The first kappa shape index (κ1) is 14.1. The van der Waals surface area contributed by atoms with Crippen molar-refractivity contribution in [2.24, 2.45) is 0 Å². The van der Waals surface area contributed by atoms with Crippen LogP contribution in [0.1, 0.15) is 22.1 Å². The fourth-order valence-electron chi connectivity index (χ4n) is 2.57. The molecular formula is C16H12N6O2. The first-order valence-corrected chi connectivity index (χ1v) is 7.35. The first-order chi connectivity index (χ1) is 11.7. The quantitative estimate of drug-likeness (QED) is 0.725. The summed E-state index contributed by atoms with van der Waals surface area (Å²) >= 11 is 0. The Bertz CT molecular complexity index is 917. The Balaban J connectivity index is 1.43. The number of amides is 1. The van der Waals surface area contributed by atoms with Gasteiger partial charge in [0.2, 0.25) is 0 Å². The molecular weight excluding hydrogens is 308 g/mol. The van der Waals surface area contributed by atoms with Gasteiger partial charge in [-0.2, -0.15) is 10.4 Å². The van der Waals surface area contributed by atoms with Crippen molar-refractivity contribution in [2.75, 3.05) is 13.1 Å². The van der Waals surface area contributed by atoms with Gasteiger partial charge in [0.1, 0.15) is 6.07 Å². The summed E-state index contributed by atoms with van der Waals surface area (Å²) in [6.45, 7) is 1.06. The number of aromatic nitrogens is 4. The lowest BCUT2D eigenvalue weighted by Gasteiger charge is -2.38. The Labute approximate surface area is 136 Å². The average Bonchev–Trinajstić information content (AvgIpc) is 3.24. The third-order valence-electron chi connectivity index (χ3n) is 3.93. The molecule has 1 saturated heterocycles. The van der Waals surface area contributed by atoms with Gasteiger partial charge in [-0.05, 0) is 12.1 Å². The molecule has 1 aliphatic heterocycles. The van der Waals surface area contributed by atoms with Crippen molar-refractivity contribution in [1.82, 2.24) is 24.8 Å². The summed E-state index contributed by atoms with van der Waals surface area (Å²) in [6, 6.07) is 7.37. The number of nitriles is 1. The van der Waals surface area contributed by atoms with Crippen LogP contribution in [0.5, 0.6) is 0 Å². The summed E-state index contributed by atoms with van der Waals surface area (Å²) in [5, 5.41) is 16.8. The maximum atomic E-state index is 12.4. The maximum absolute atomic E-state index is 12.4. The summed E-state index contributed by atoms with van der Waals surface area (Å²) in [5.74, 6) is 0.326. The van der Waals surface area contributed by atoms with Crippen LogP contribution < -0.4 is 0 Å². The lowest BCUT2D eigenvalue weighted by molar-refractivity contribution is 0.0491. The van der Waals surface area contributed by atoms with E-state index in [9.17, 15) is 4.79 Å². The zero-order valence-corrected chi connectivity index (χ0v) is 12.5. The minimum absolute atomic E-state index is 0.0840. The highest BCUT2D eigenvalue weighted by atomic mass is 16.5. The molecule has 0 aromatic carbocycles. The van der Waals surface area contributed by atoms with Crippen LogP contribution in [0.2, 0.25) is 0 Å². The van der Waals surface area contributed by atoms with Gasteiger partial charge in [0.25, 0.3) is 5.91 Å². The number of carbonyl (C=O) groups excluding carboxylic acids is 1. The van der Waals surface area contributed by atoms with E-state index in [0.29, 0.717) is 24.4 Å². The maximum Gasteiger partial charge on any atom is 0.276 e. The second kappa shape index (κ2) is 5.62. The van der Waals surface area contributed by atoms with Crippen LogP contribution in [0.15, 0.2) is 47.5 Å². The van der Waals surface area contributed by atoms with Crippen molar-refractivity contribution >= 4 is 5.91 Å². The van der Waals surface area contributed by atoms with Crippen molar-refractivity contribution in [2.45, 2.75) is 6.04 Å². The Morgan fingerprint density at radius 2 is 2.25 bits per heavy atom. The zero-order chi connectivity index (χ0) is 16.5. The van der Waals surface area contributed by atoms with Crippen molar-refractivity contribution in [1.29, 1.82) is 5.26 Å². The van der Waals surface area contributed by atoms with E-state index in [0.717, 1.165) is 5.56 Å². The van der Waals surface area contributed by atoms with E-state index in [1.807, 2.05) is 12.1 Å². The molecule has 4 rings (SSSR count). The fourth-order valence-corrected chi connectivity index (χ4v) is 2.57. The van der Waals surface area contributed by atoms with Gasteiger partial charge in [0.15, 0.2) is 11.5 Å². The molecule has 0 unspecified atom stereocenters. The summed E-state index contributed by atoms with van der Waals surface area (Å²) in [4.78, 5) is 18.1. The molecule has 118 valence electrons. The van der Waals surface area contributed by atoms with E-state index in [2.05, 4.69) is 15.2 Å². The summed E-state index contributed by atoms with van der Waals surface area (Å²) in [7, 11) is 0. The molecule has 0 N–H and O–H groups in total. The van der Waals surface area contributed by atoms with Gasteiger partial charge in [-0.25, -0.2) is 0 Å². The number of nitrogens with zero attached hydrogens (tertiary/aromatic N) is 6. The highest BCUT2D eigenvalue weighted by Gasteiger charge is 2.34. The third-order valence-corrected chi connectivity index (χ3v) is 3.93. The lowest BCUT2D eigenvalue weighted by atomic mass is 10.1. The van der Waals surface area contributed by atoms with E-state index in [1.54, 1.807) is 40.3 Å². The van der Waals surface area contributed by atoms with Gasteiger partial charge < -0.3 is 9.42 Å². The Kier molecular flexibility index (Phi) is 3.31. The standard InChI is InChI=1S/C16H12N6O2/c17-5-11-6-19-22(8-11)13-9-21(10-13)16(23)14-4-15(24-20-14)12-2-1-3-18-7-12/h1-4,6-8,13H,9-10H2. The zero-order valence-electron chi connectivity index (χ0n) is 12.5. The van der Waals surface area contributed by atoms with Crippen LogP contribution in [0, 0.1) is 11.3 Å². The van der Waals surface area contributed by atoms with Gasteiger partial charge >= 0.3 is 0 Å². The molecule has 3 aromatic heterocycles. The van der Waals surface area contributed by atoms with Crippen molar-refractivity contribution in [3.8, 4) is 17.4 Å². The van der Waals surface area contributed by atoms with Crippen LogP contribution in [0.3, 0.4) is 0 Å². The molecule has 8 heteroatoms. The van der Waals surface area contributed by atoms with Crippen LogP contribution in [-0.4, -0.2) is 43.8 Å². The van der Waals surface area contributed by atoms with Crippen LogP contribution >= 0.6 is 0 Å². The second-order valence-electron chi connectivity index (χ2n) is 5.50. The molecule has 0 bridgehead atoms. The van der Waals surface area contributed by atoms with E-state index in [1.165, 1.54) is 6.20 Å². The molecule has 0 spiro atoms. The molecule has 1 amide bonds. The summed E-state index contributed by atoms with van der Waals surface area (Å²) in [5.41, 5.74) is 1.55. The number of rotatable bonds is 3. The molecule has 1 aliphatic rings. The van der Waals surface area contributed by atoms with E-state index in [-0.39, 0.29) is 17.6 Å². The van der Waals surface area contributed by atoms with Crippen LogP contribution in [0.4, 0.5) is 0 Å². The van der Waals surface area contributed by atoms with E-state index >= 15 is 0 Å². The number of hydrogen-bond acceptors (Lipinski definition) is 6. The van der Waals surface area contributed by atoms with Gasteiger partial charge in [0, 0.05) is 43.3 Å². The molecule has 0 atom stereocenters. The minimum atomic E-state index is -0.183. The Hall–Kier alpha value is -3.47. The average molecular weight is 320 g/mol. The van der Waals surface area contributed by atoms with Crippen molar-refractivity contribution in [3.63, 3.8) is 0 Å². The predicted octanol–water partition coefficient (Wildman–Crippen LogP) is 1.50. The van der Waals surface area contributed by atoms with Gasteiger partial charge in [0.05, 0.1) is 17.8 Å². The summed E-state index contributed by atoms with van der Waals surface area (Å²) < 4.78 is 6.94. The number of likely N-dealkylation sites (tertiary alicyclic amines) is 1. The number of pyridine rings is 1. The van der Waals surface area contributed by atoms with Crippen molar-refractivity contribution in [3.05, 3.63) is 54.2 Å². The molecule has 1 fully saturated rings. The van der Waals surface area contributed by atoms with Crippen LogP contribution in [-0.2, 0) is 0 Å². The van der Waals surface area contributed by atoms with Crippen molar-refractivity contribution < 1.29 is 9.32 Å². The fraction of sp³-hybridized carbons (Fsp3) is 0.188.